The smallest absolute Gasteiger partial charge is 0.297 e. The second-order valence-electron chi connectivity index (χ2n) is 6.40. The first kappa shape index (κ1) is 22.8. The molecule has 0 bridgehead atoms. The van der Waals surface area contributed by atoms with Crippen LogP contribution in [0.4, 0.5) is 17.1 Å². The van der Waals surface area contributed by atoms with Gasteiger partial charge >= 0.3 is 0 Å². The second kappa shape index (κ2) is 8.88. The monoisotopic (exact) mass is 433 g/mol. The second-order valence-corrected chi connectivity index (χ2v) is 7.78. The zero-order chi connectivity index (χ0) is 22.6. The van der Waals surface area contributed by atoms with E-state index in [0.29, 0.717) is 11.8 Å². The number of nitrogens with zero attached hydrogens (tertiary/aromatic N) is 3. The van der Waals surface area contributed by atoms with Gasteiger partial charge in [-0.25, -0.2) is 8.42 Å². The number of carbonyl (C=O) groups is 2. The first-order chi connectivity index (χ1) is 13.9. The maximum atomic E-state index is 12.5. The minimum atomic E-state index is -4.92. The highest BCUT2D eigenvalue weighted by Gasteiger charge is 2.25. The molecule has 1 amide bonds. The summed E-state index contributed by atoms with van der Waals surface area (Å²) >= 11 is 0. The van der Waals surface area contributed by atoms with E-state index in [1.54, 1.807) is 19.1 Å². The topological polar surface area (TPSA) is 171 Å². The summed E-state index contributed by atoms with van der Waals surface area (Å²) in [4.78, 5) is 33.8. The van der Waals surface area contributed by atoms with E-state index in [1.165, 1.54) is 0 Å². The lowest BCUT2D eigenvalue weighted by atomic mass is 10.1. The fraction of sp³-hybridized carbons (Fsp3) is 0.222. The zero-order valence-corrected chi connectivity index (χ0v) is 17.0. The number of Topliss-reactive ketones (excluding diaryl/α,β-unsaturated/α-hetero) is 1. The highest BCUT2D eigenvalue weighted by Crippen LogP contribution is 2.30. The van der Waals surface area contributed by atoms with Gasteiger partial charge in [0.2, 0.25) is 6.04 Å². The van der Waals surface area contributed by atoms with Crippen LogP contribution in [0.3, 0.4) is 0 Å². The van der Waals surface area contributed by atoms with Crippen molar-refractivity contribution in [2.75, 3.05) is 5.32 Å². The lowest BCUT2D eigenvalue weighted by molar-refractivity contribution is -0.384. The Morgan fingerprint density at radius 2 is 1.80 bits per heavy atom. The molecule has 0 aliphatic carbocycles. The number of benzene rings is 2. The van der Waals surface area contributed by atoms with Gasteiger partial charge in [0.05, 0.1) is 9.82 Å². The van der Waals surface area contributed by atoms with Crippen LogP contribution in [-0.4, -0.2) is 35.6 Å². The van der Waals surface area contributed by atoms with Gasteiger partial charge in [-0.1, -0.05) is 17.7 Å². The molecule has 2 aromatic rings. The average molecular weight is 433 g/mol. The molecule has 0 heterocycles. The number of nitrogens with one attached hydrogen (secondary N) is 1. The molecule has 0 aliphatic rings. The Morgan fingerprint density at radius 3 is 2.33 bits per heavy atom. The van der Waals surface area contributed by atoms with E-state index in [1.807, 2.05) is 13.0 Å². The first-order valence-electron chi connectivity index (χ1n) is 8.44. The summed E-state index contributed by atoms with van der Waals surface area (Å²) < 4.78 is 33.2. The van der Waals surface area contributed by atoms with Gasteiger partial charge in [-0.15, -0.1) is 5.11 Å². The molecule has 2 rings (SSSR count). The highest BCUT2D eigenvalue weighted by molar-refractivity contribution is 7.85. The van der Waals surface area contributed by atoms with E-state index in [-0.39, 0.29) is 0 Å². The molecular weight excluding hydrogens is 416 g/mol. The van der Waals surface area contributed by atoms with Gasteiger partial charge in [0, 0.05) is 11.8 Å². The molecular formula is C18H17N4O7S-. The fourth-order valence-corrected chi connectivity index (χ4v) is 2.97. The molecule has 2 aromatic carbocycles. The number of azo groups is 1. The molecule has 1 N–H and O–H groups in total. The molecule has 1 atom stereocenters. The number of ketones is 1. The van der Waals surface area contributed by atoms with Gasteiger partial charge in [0.1, 0.15) is 10.1 Å². The minimum absolute atomic E-state index is 0.419. The minimum Gasteiger partial charge on any atom is -0.744 e. The zero-order valence-electron chi connectivity index (χ0n) is 16.1. The number of nitro groups is 1. The molecule has 0 saturated carbocycles. The third kappa shape index (κ3) is 5.52. The van der Waals surface area contributed by atoms with E-state index in [4.69, 9.17) is 0 Å². The summed E-state index contributed by atoms with van der Waals surface area (Å²) in [6.45, 7) is 4.75. The molecule has 0 aromatic heterocycles. The summed E-state index contributed by atoms with van der Waals surface area (Å²) in [5.41, 5.74) is 0.963. The Kier molecular flexibility index (Phi) is 6.74. The van der Waals surface area contributed by atoms with E-state index >= 15 is 0 Å². The van der Waals surface area contributed by atoms with Crippen LogP contribution in [0.2, 0.25) is 0 Å². The number of amides is 1. The Balaban J connectivity index is 2.35. The molecule has 0 aliphatic heterocycles. The standard InChI is InChI=1S/C18H18N4O7S/c1-10-4-6-14(11(2)8-10)19-18(24)17(12(3)23)21-20-15-7-5-13(30(27,28)29)9-16(15)22(25)26/h4-9,17H,1-3H3,(H,19,24)(H,27,28,29)/p-1. The van der Waals surface area contributed by atoms with Crippen molar-refractivity contribution in [2.45, 2.75) is 31.7 Å². The van der Waals surface area contributed by atoms with Gasteiger partial charge < -0.3 is 9.87 Å². The van der Waals surface area contributed by atoms with Crippen LogP contribution in [0.25, 0.3) is 0 Å². The van der Waals surface area contributed by atoms with Crippen molar-refractivity contribution in [3.8, 4) is 0 Å². The van der Waals surface area contributed by atoms with Crippen LogP contribution in [0.1, 0.15) is 18.1 Å². The van der Waals surface area contributed by atoms with Gasteiger partial charge in [-0.05, 0) is 44.5 Å². The predicted molar refractivity (Wildman–Crippen MR) is 105 cm³/mol. The number of rotatable bonds is 7. The van der Waals surface area contributed by atoms with Crippen LogP contribution in [0, 0.1) is 24.0 Å². The van der Waals surface area contributed by atoms with Crippen LogP contribution in [-0.2, 0) is 19.7 Å². The van der Waals surface area contributed by atoms with Crippen molar-refractivity contribution in [3.63, 3.8) is 0 Å². The normalized spacial score (nSPS) is 12.5. The van der Waals surface area contributed by atoms with E-state index in [0.717, 1.165) is 30.2 Å². The molecule has 12 heteroatoms. The van der Waals surface area contributed by atoms with Crippen LogP contribution in [0.15, 0.2) is 51.5 Å². The Labute approximate surface area is 171 Å². The Bertz CT molecular complexity index is 1160. The predicted octanol–water partition coefficient (Wildman–Crippen LogP) is 2.80. The van der Waals surface area contributed by atoms with Crippen molar-refractivity contribution in [1.29, 1.82) is 0 Å². The molecule has 1 unspecified atom stereocenters. The number of hydrogen-bond acceptors (Lipinski definition) is 9. The average Bonchev–Trinajstić information content (AvgIpc) is 2.63. The van der Waals surface area contributed by atoms with Crippen molar-refractivity contribution in [2.24, 2.45) is 10.2 Å². The summed E-state index contributed by atoms with van der Waals surface area (Å²) in [5, 5.41) is 20.9. The quantitative estimate of drug-likeness (QED) is 0.230. The van der Waals surface area contributed by atoms with Crippen molar-refractivity contribution in [3.05, 3.63) is 57.6 Å². The molecule has 158 valence electrons. The lowest BCUT2D eigenvalue weighted by Crippen LogP contribution is -2.32. The Morgan fingerprint density at radius 1 is 1.13 bits per heavy atom. The van der Waals surface area contributed by atoms with Crippen molar-refractivity contribution >= 4 is 38.9 Å². The van der Waals surface area contributed by atoms with Crippen LogP contribution in [0.5, 0.6) is 0 Å². The number of anilines is 1. The van der Waals surface area contributed by atoms with Gasteiger partial charge in [0.15, 0.2) is 11.5 Å². The molecule has 0 saturated heterocycles. The number of nitro benzene ring substituents is 1. The maximum Gasteiger partial charge on any atom is 0.297 e. The van der Waals surface area contributed by atoms with E-state index in [9.17, 15) is 32.7 Å². The number of aryl methyl sites for hydroxylation is 2. The largest absolute Gasteiger partial charge is 0.744 e. The van der Waals surface area contributed by atoms with Gasteiger partial charge in [-0.2, -0.15) is 5.11 Å². The van der Waals surface area contributed by atoms with Gasteiger partial charge in [0.25, 0.3) is 11.6 Å². The Hall–Kier alpha value is -3.51. The molecule has 30 heavy (non-hydrogen) atoms. The van der Waals surface area contributed by atoms with Crippen LogP contribution < -0.4 is 5.32 Å². The fourth-order valence-electron chi connectivity index (χ4n) is 2.48. The molecule has 11 nitrogen and oxygen atoms in total. The van der Waals surface area contributed by atoms with E-state index < -0.39 is 49.0 Å². The molecule has 0 radical (unpaired) electrons. The lowest BCUT2D eigenvalue weighted by Gasteiger charge is -2.12. The summed E-state index contributed by atoms with van der Waals surface area (Å²) in [6, 6.07) is 5.91. The highest BCUT2D eigenvalue weighted by atomic mass is 32.2. The number of carbonyl (C=O) groups excluding carboxylic acids is 2. The third-order valence-electron chi connectivity index (χ3n) is 3.99. The summed E-state index contributed by atoms with van der Waals surface area (Å²) in [5.74, 6) is -1.46. The SMILES string of the molecule is CC(=O)C(N=Nc1ccc(S(=O)(=O)[O-])cc1[N+](=O)[O-])C(=O)Nc1ccc(C)cc1C. The number of hydrogen-bond donors (Lipinski definition) is 1. The first-order valence-corrected chi connectivity index (χ1v) is 9.84. The van der Waals surface area contributed by atoms with Gasteiger partial charge in [-0.3, -0.25) is 19.7 Å². The summed E-state index contributed by atoms with van der Waals surface area (Å²) in [7, 11) is -4.92. The summed E-state index contributed by atoms with van der Waals surface area (Å²) in [6.07, 6.45) is 0. The van der Waals surface area contributed by atoms with E-state index in [2.05, 4.69) is 15.5 Å². The van der Waals surface area contributed by atoms with Crippen molar-refractivity contribution < 1.29 is 27.5 Å². The molecule has 0 fully saturated rings. The maximum absolute atomic E-state index is 12.5. The van der Waals surface area contributed by atoms with Crippen molar-refractivity contribution in [1.82, 2.24) is 0 Å². The third-order valence-corrected chi connectivity index (χ3v) is 4.82. The molecule has 0 spiro atoms. The van der Waals surface area contributed by atoms with Crippen LogP contribution >= 0.6 is 0 Å².